The Bertz CT molecular complexity index is 361. The second kappa shape index (κ2) is 4.21. The summed E-state index contributed by atoms with van der Waals surface area (Å²) in [6.07, 6.45) is 0.213. The molecule has 2 rings (SSSR count). The molecule has 1 aliphatic rings. The van der Waals surface area contributed by atoms with Gasteiger partial charge in [-0.25, -0.2) is 0 Å². The second-order valence-electron chi connectivity index (χ2n) is 3.41. The zero-order valence-electron chi connectivity index (χ0n) is 8.14. The van der Waals surface area contributed by atoms with E-state index in [0.29, 0.717) is 24.5 Å². The third kappa shape index (κ3) is 2.40. The molecule has 0 saturated heterocycles. The van der Waals surface area contributed by atoms with Crippen molar-refractivity contribution in [3.05, 3.63) is 24.3 Å². The first-order valence-electron chi connectivity index (χ1n) is 4.84. The molecule has 1 aliphatic heterocycles. The second-order valence-corrected chi connectivity index (χ2v) is 3.41. The maximum atomic E-state index is 10.3. The van der Waals surface area contributed by atoms with Crippen LogP contribution < -0.4 is 14.6 Å². The molecule has 1 aromatic rings. The lowest BCUT2D eigenvalue weighted by atomic mass is 10.2. The third-order valence-corrected chi connectivity index (χ3v) is 2.24. The normalized spacial score (nSPS) is 18.5. The molecule has 1 heterocycles. The van der Waals surface area contributed by atoms with Gasteiger partial charge in [0.05, 0.1) is 0 Å². The van der Waals surface area contributed by atoms with Crippen LogP contribution in [-0.4, -0.2) is 18.7 Å². The Morgan fingerprint density at radius 2 is 2.13 bits per heavy atom. The van der Waals surface area contributed by atoms with Crippen LogP contribution in [0.25, 0.3) is 0 Å². The highest BCUT2D eigenvalue weighted by atomic mass is 16.6. The van der Waals surface area contributed by atoms with E-state index < -0.39 is 5.97 Å². The van der Waals surface area contributed by atoms with Crippen molar-refractivity contribution in [2.24, 2.45) is 0 Å². The van der Waals surface area contributed by atoms with Gasteiger partial charge in [-0.05, 0) is 25.0 Å². The lowest BCUT2D eigenvalue weighted by Crippen LogP contribution is -2.31. The third-order valence-electron chi connectivity index (χ3n) is 2.24. The predicted molar refractivity (Wildman–Crippen MR) is 50.6 cm³/mol. The van der Waals surface area contributed by atoms with Crippen LogP contribution >= 0.6 is 0 Å². The number of hydrogen-bond acceptors (Lipinski definition) is 4. The summed E-state index contributed by atoms with van der Waals surface area (Å²) in [5.74, 6) is 0.326. The predicted octanol–water partition coefficient (Wildman–Crippen LogP) is 0.356. The van der Waals surface area contributed by atoms with Crippen molar-refractivity contribution in [1.82, 2.24) is 0 Å². The Morgan fingerprint density at radius 3 is 2.87 bits per heavy atom. The number of carboxylic acids is 1. The number of carbonyl (C=O) groups is 1. The quantitative estimate of drug-likeness (QED) is 0.717. The number of para-hydroxylation sites is 2. The zero-order chi connectivity index (χ0) is 10.7. The highest BCUT2D eigenvalue weighted by Crippen LogP contribution is 2.31. The van der Waals surface area contributed by atoms with Crippen LogP contribution in [0.5, 0.6) is 11.5 Å². The van der Waals surface area contributed by atoms with E-state index in [4.69, 9.17) is 9.47 Å². The van der Waals surface area contributed by atoms with Crippen molar-refractivity contribution >= 4 is 5.97 Å². The summed E-state index contributed by atoms with van der Waals surface area (Å²) in [6.45, 7) is 0.393. The molecule has 0 aliphatic carbocycles. The van der Waals surface area contributed by atoms with Gasteiger partial charge in [-0.1, -0.05) is 12.1 Å². The van der Waals surface area contributed by atoms with Gasteiger partial charge in [0, 0.05) is 5.97 Å². The molecule has 1 atom stereocenters. The summed E-state index contributed by atoms with van der Waals surface area (Å²) < 4.78 is 11.0. The van der Waals surface area contributed by atoms with E-state index in [2.05, 4.69) is 0 Å². The number of rotatable bonds is 3. The fourth-order valence-corrected chi connectivity index (χ4v) is 1.48. The van der Waals surface area contributed by atoms with Crippen LogP contribution in [0, 0.1) is 0 Å². The van der Waals surface area contributed by atoms with Gasteiger partial charge < -0.3 is 19.4 Å². The Morgan fingerprint density at radius 1 is 1.40 bits per heavy atom. The fourth-order valence-electron chi connectivity index (χ4n) is 1.48. The van der Waals surface area contributed by atoms with Gasteiger partial charge in [0.15, 0.2) is 11.5 Å². The summed E-state index contributed by atoms with van der Waals surface area (Å²) in [5.41, 5.74) is 0. The lowest BCUT2D eigenvalue weighted by Gasteiger charge is -2.26. The Balaban J connectivity index is 1.96. The highest BCUT2D eigenvalue weighted by Gasteiger charge is 2.19. The van der Waals surface area contributed by atoms with Gasteiger partial charge >= 0.3 is 0 Å². The van der Waals surface area contributed by atoms with Crippen molar-refractivity contribution in [2.75, 3.05) is 6.61 Å². The minimum atomic E-state index is -1.06. The molecule has 1 aromatic carbocycles. The van der Waals surface area contributed by atoms with Crippen LogP contribution in [-0.2, 0) is 4.79 Å². The topological polar surface area (TPSA) is 58.6 Å². The van der Waals surface area contributed by atoms with Crippen LogP contribution in [0.1, 0.15) is 12.8 Å². The molecule has 4 heteroatoms. The molecule has 0 fully saturated rings. The van der Waals surface area contributed by atoms with Gasteiger partial charge in [-0.15, -0.1) is 0 Å². The molecule has 0 bridgehead atoms. The molecule has 15 heavy (non-hydrogen) atoms. The van der Waals surface area contributed by atoms with Crippen molar-refractivity contribution in [1.29, 1.82) is 0 Å². The molecule has 0 amide bonds. The zero-order valence-corrected chi connectivity index (χ0v) is 8.14. The molecule has 4 nitrogen and oxygen atoms in total. The fraction of sp³-hybridized carbons (Fsp3) is 0.364. The van der Waals surface area contributed by atoms with E-state index in [1.54, 1.807) is 6.07 Å². The largest absolute Gasteiger partial charge is 0.550 e. The maximum Gasteiger partial charge on any atom is 0.161 e. The lowest BCUT2D eigenvalue weighted by molar-refractivity contribution is -0.306. The molecular weight excluding hydrogens is 196 g/mol. The monoisotopic (exact) mass is 207 g/mol. The number of carbonyl (C=O) groups excluding carboxylic acids is 1. The minimum Gasteiger partial charge on any atom is -0.550 e. The molecule has 0 N–H and O–H groups in total. The average molecular weight is 207 g/mol. The van der Waals surface area contributed by atoms with E-state index >= 15 is 0 Å². The number of aliphatic carboxylic acids is 1. The Labute approximate surface area is 87.4 Å². The molecule has 0 saturated carbocycles. The van der Waals surface area contributed by atoms with Gasteiger partial charge in [0.2, 0.25) is 0 Å². The van der Waals surface area contributed by atoms with Gasteiger partial charge in [-0.2, -0.15) is 0 Å². The SMILES string of the molecule is O=C([O-])CC[C@H]1COc2ccccc2O1. The van der Waals surface area contributed by atoms with Crippen molar-refractivity contribution in [3.8, 4) is 11.5 Å². The van der Waals surface area contributed by atoms with E-state index in [9.17, 15) is 9.90 Å². The number of carboxylic acid groups (broad SMARTS) is 1. The van der Waals surface area contributed by atoms with E-state index in [1.165, 1.54) is 0 Å². The first-order chi connectivity index (χ1) is 7.25. The van der Waals surface area contributed by atoms with Crippen molar-refractivity contribution in [3.63, 3.8) is 0 Å². The van der Waals surface area contributed by atoms with Crippen LogP contribution in [0.4, 0.5) is 0 Å². The number of hydrogen-bond donors (Lipinski definition) is 0. The summed E-state index contributed by atoms with van der Waals surface area (Å²) in [6, 6.07) is 7.35. The molecule has 0 radical (unpaired) electrons. The molecule has 0 aromatic heterocycles. The maximum absolute atomic E-state index is 10.3. The summed E-state index contributed by atoms with van der Waals surface area (Å²) in [7, 11) is 0. The number of ether oxygens (including phenoxy) is 2. The first-order valence-corrected chi connectivity index (χ1v) is 4.84. The number of fused-ring (bicyclic) bond motifs is 1. The van der Waals surface area contributed by atoms with E-state index in [-0.39, 0.29) is 12.5 Å². The smallest absolute Gasteiger partial charge is 0.161 e. The van der Waals surface area contributed by atoms with Crippen molar-refractivity contribution < 1.29 is 19.4 Å². The highest BCUT2D eigenvalue weighted by molar-refractivity contribution is 5.64. The molecule has 0 unspecified atom stereocenters. The average Bonchev–Trinajstić information content (AvgIpc) is 2.26. The standard InChI is InChI=1S/C11H12O4/c12-11(13)6-5-8-7-14-9-3-1-2-4-10(9)15-8/h1-4,8H,5-7H2,(H,12,13)/p-1/t8-/m0/s1. The van der Waals surface area contributed by atoms with Gasteiger partial charge in [0.25, 0.3) is 0 Å². The summed E-state index contributed by atoms with van der Waals surface area (Å²) in [5, 5.41) is 10.3. The number of benzene rings is 1. The first kappa shape index (κ1) is 9.83. The van der Waals surface area contributed by atoms with Gasteiger partial charge in [-0.3, -0.25) is 0 Å². The Kier molecular flexibility index (Phi) is 2.76. The van der Waals surface area contributed by atoms with E-state index in [0.717, 1.165) is 0 Å². The van der Waals surface area contributed by atoms with Crippen LogP contribution in [0.2, 0.25) is 0 Å². The molecule has 80 valence electrons. The molecular formula is C11H11O4-. The van der Waals surface area contributed by atoms with Crippen LogP contribution in [0.15, 0.2) is 24.3 Å². The Hall–Kier alpha value is -1.71. The molecule has 0 spiro atoms. The van der Waals surface area contributed by atoms with Crippen molar-refractivity contribution in [2.45, 2.75) is 18.9 Å². The van der Waals surface area contributed by atoms with Gasteiger partial charge in [0.1, 0.15) is 12.7 Å². The minimum absolute atomic E-state index is 0.00378. The summed E-state index contributed by atoms with van der Waals surface area (Å²) in [4.78, 5) is 10.3. The van der Waals surface area contributed by atoms with E-state index in [1.807, 2.05) is 18.2 Å². The summed E-state index contributed by atoms with van der Waals surface area (Å²) >= 11 is 0. The van der Waals surface area contributed by atoms with Crippen LogP contribution in [0.3, 0.4) is 0 Å².